The van der Waals surface area contributed by atoms with E-state index in [1.165, 1.54) is 28.9 Å². The molecule has 0 unspecified atom stereocenters. The van der Waals surface area contributed by atoms with Gasteiger partial charge in [-0.15, -0.1) is 0 Å². The maximum absolute atomic E-state index is 14.0. The molecule has 0 saturated carbocycles. The number of aromatic carboxylic acids is 1. The molecule has 0 spiro atoms. The minimum Gasteiger partial charge on any atom is -0.478 e. The molecule has 0 aliphatic carbocycles. The number of aryl methyl sites for hydroxylation is 1. The summed E-state index contributed by atoms with van der Waals surface area (Å²) in [4.78, 5) is 26.1. The van der Waals surface area contributed by atoms with Crippen molar-refractivity contribution >= 4 is 27.8 Å². The molecule has 41 heavy (non-hydrogen) atoms. The summed E-state index contributed by atoms with van der Waals surface area (Å²) in [5, 5.41) is 15.4. The van der Waals surface area contributed by atoms with Crippen LogP contribution in [0.1, 0.15) is 62.5 Å². The third-order valence-corrected chi connectivity index (χ3v) is 7.21. The fraction of sp³-hybridized carbons (Fsp3) is 0.370. The number of amides is 1. The van der Waals surface area contributed by atoms with Crippen molar-refractivity contribution in [3.63, 3.8) is 0 Å². The fourth-order valence-corrected chi connectivity index (χ4v) is 5.02. The first kappa shape index (κ1) is 30.1. The number of carboxylic acid groups (broad SMARTS) is 1. The van der Waals surface area contributed by atoms with Crippen molar-refractivity contribution in [2.24, 2.45) is 0 Å². The maximum Gasteiger partial charge on any atom is 0.436 e. The minimum atomic E-state index is -4.86. The van der Waals surface area contributed by atoms with E-state index in [2.05, 4.69) is 10.4 Å². The number of nitrogens with zero attached hydrogens (tertiary/aromatic N) is 3. The van der Waals surface area contributed by atoms with E-state index in [1.54, 1.807) is 11.8 Å². The average Bonchev–Trinajstić information content (AvgIpc) is 3.47. The molecule has 4 rings (SSSR count). The van der Waals surface area contributed by atoms with Gasteiger partial charge in [-0.25, -0.2) is 9.48 Å². The molecule has 1 amide bonds. The van der Waals surface area contributed by atoms with Gasteiger partial charge >= 0.3 is 12.1 Å². The summed E-state index contributed by atoms with van der Waals surface area (Å²) in [5.74, 6) is -1.98. The highest BCUT2D eigenvalue weighted by Crippen LogP contribution is 2.38. The molecule has 14 heteroatoms. The van der Waals surface area contributed by atoms with Crippen LogP contribution in [0.2, 0.25) is 0 Å². The van der Waals surface area contributed by atoms with Crippen molar-refractivity contribution in [2.45, 2.75) is 45.1 Å². The highest BCUT2D eigenvalue weighted by molar-refractivity contribution is 7.85. The molecule has 0 saturated heterocycles. The van der Waals surface area contributed by atoms with E-state index in [4.69, 9.17) is 9.29 Å². The van der Waals surface area contributed by atoms with Crippen molar-refractivity contribution < 1.29 is 40.5 Å². The Morgan fingerprint density at radius 3 is 2.29 bits per heavy atom. The van der Waals surface area contributed by atoms with Gasteiger partial charge in [-0.3, -0.25) is 8.98 Å². The van der Waals surface area contributed by atoms with E-state index in [0.717, 1.165) is 17.4 Å². The number of nitrogens with one attached hydrogen (secondary N) is 1. The van der Waals surface area contributed by atoms with Crippen molar-refractivity contribution in [3.8, 4) is 0 Å². The van der Waals surface area contributed by atoms with Crippen LogP contribution in [-0.4, -0.2) is 54.6 Å². The number of carbonyl (C=O) groups is 2. The van der Waals surface area contributed by atoms with Gasteiger partial charge in [0.2, 0.25) is 0 Å². The van der Waals surface area contributed by atoms with E-state index in [9.17, 15) is 31.2 Å². The summed E-state index contributed by atoms with van der Waals surface area (Å²) in [6.45, 7) is 2.44. The molecule has 1 aliphatic rings. The zero-order chi connectivity index (χ0) is 29.9. The van der Waals surface area contributed by atoms with Gasteiger partial charge in [0, 0.05) is 13.1 Å². The molecule has 0 bridgehead atoms. The molecule has 0 radical (unpaired) electrons. The zero-order valence-electron chi connectivity index (χ0n) is 22.3. The Morgan fingerprint density at radius 2 is 1.71 bits per heavy atom. The Balaban J connectivity index is 1.51. The Kier molecular flexibility index (Phi) is 8.73. The number of rotatable bonds is 11. The minimum absolute atomic E-state index is 0.0470. The van der Waals surface area contributed by atoms with Gasteiger partial charge < -0.3 is 15.3 Å². The topological polar surface area (TPSA) is 131 Å². The monoisotopic (exact) mass is 594 g/mol. The van der Waals surface area contributed by atoms with E-state index >= 15 is 0 Å². The van der Waals surface area contributed by atoms with E-state index in [1.807, 2.05) is 24.3 Å². The first-order valence-electron chi connectivity index (χ1n) is 12.7. The lowest BCUT2D eigenvalue weighted by atomic mass is 10.1. The lowest BCUT2D eigenvalue weighted by Crippen LogP contribution is -2.31. The standard InChI is InChI=1S/C27H29F3N4O6S/c1-17(20-9-11-21(12-10-20)26(36)37)31-24(35)22-23(27(28,29)30)32-34-14-13-33(25(22)34)16-19-7-5-18(6-8-19)4-3-15-40-41(2,38)39/h5-12,17H,3-4,13-16H2,1-2H3,(H,31,35)(H,36,37)/t17-/m0/s1. The van der Waals surface area contributed by atoms with Crippen molar-refractivity contribution in [2.75, 3.05) is 24.3 Å². The lowest BCUT2D eigenvalue weighted by molar-refractivity contribution is -0.141. The number of carboxylic acids is 1. The smallest absolute Gasteiger partial charge is 0.436 e. The van der Waals surface area contributed by atoms with Crippen LogP contribution in [0.5, 0.6) is 0 Å². The molecule has 1 aromatic heterocycles. The molecular formula is C27H29F3N4O6S. The van der Waals surface area contributed by atoms with Crippen LogP contribution in [0.4, 0.5) is 19.0 Å². The molecule has 2 aromatic carbocycles. The lowest BCUT2D eigenvalue weighted by Gasteiger charge is -2.21. The molecule has 1 aliphatic heterocycles. The van der Waals surface area contributed by atoms with Crippen LogP contribution < -0.4 is 10.2 Å². The predicted molar refractivity (Wildman–Crippen MR) is 143 cm³/mol. The SMILES string of the molecule is C[C@H](NC(=O)c1c(C(F)(F)F)nn2c1N(Cc1ccc(CCCOS(C)(=O)=O)cc1)CC2)c1ccc(C(=O)O)cc1. The number of alkyl halides is 3. The summed E-state index contributed by atoms with van der Waals surface area (Å²) in [6, 6.07) is 12.4. The van der Waals surface area contributed by atoms with Gasteiger partial charge in [0.15, 0.2) is 5.69 Å². The Bertz CT molecular complexity index is 1520. The summed E-state index contributed by atoms with van der Waals surface area (Å²) in [7, 11) is -3.50. The molecule has 2 heterocycles. The summed E-state index contributed by atoms with van der Waals surface area (Å²) < 4.78 is 70.0. The number of carbonyl (C=O) groups excluding carboxylic acids is 1. The van der Waals surface area contributed by atoms with Crippen molar-refractivity contribution in [1.29, 1.82) is 0 Å². The van der Waals surface area contributed by atoms with Crippen LogP contribution in [0.25, 0.3) is 0 Å². The zero-order valence-corrected chi connectivity index (χ0v) is 23.1. The van der Waals surface area contributed by atoms with E-state index in [0.29, 0.717) is 24.9 Å². The summed E-state index contributed by atoms with van der Waals surface area (Å²) >= 11 is 0. The van der Waals surface area contributed by atoms with Gasteiger partial charge in [0.25, 0.3) is 16.0 Å². The number of halogens is 3. The normalized spacial score (nSPS) is 14.1. The first-order valence-corrected chi connectivity index (χ1v) is 14.5. The third kappa shape index (κ3) is 7.44. The van der Waals surface area contributed by atoms with Gasteiger partial charge in [-0.2, -0.15) is 26.7 Å². The second-order valence-electron chi connectivity index (χ2n) is 9.76. The molecule has 10 nitrogen and oxygen atoms in total. The molecular weight excluding hydrogens is 565 g/mol. The highest BCUT2D eigenvalue weighted by atomic mass is 32.2. The Labute approximate surface area is 234 Å². The van der Waals surface area contributed by atoms with Crippen LogP contribution in [0.3, 0.4) is 0 Å². The average molecular weight is 595 g/mol. The van der Waals surface area contributed by atoms with Crippen LogP contribution in [-0.2, 0) is 40.0 Å². The molecule has 0 fully saturated rings. The van der Waals surface area contributed by atoms with E-state index in [-0.39, 0.29) is 31.1 Å². The summed E-state index contributed by atoms with van der Waals surface area (Å²) in [6.07, 6.45) is -2.78. The third-order valence-electron chi connectivity index (χ3n) is 6.61. The van der Waals surface area contributed by atoms with Gasteiger partial charge in [-0.05, 0) is 48.6 Å². The van der Waals surface area contributed by atoms with Crippen molar-refractivity contribution in [3.05, 3.63) is 82.0 Å². The second kappa shape index (κ2) is 11.9. The molecule has 3 aromatic rings. The quantitative estimate of drug-likeness (QED) is 0.252. The predicted octanol–water partition coefficient (Wildman–Crippen LogP) is 4.02. The van der Waals surface area contributed by atoms with Crippen molar-refractivity contribution in [1.82, 2.24) is 15.1 Å². The van der Waals surface area contributed by atoms with Gasteiger partial charge in [0.05, 0.1) is 31.0 Å². The van der Waals surface area contributed by atoms with Crippen LogP contribution in [0.15, 0.2) is 48.5 Å². The number of hydrogen-bond donors (Lipinski definition) is 2. The van der Waals surface area contributed by atoms with E-state index < -0.39 is 45.5 Å². The number of fused-ring (bicyclic) bond motifs is 1. The van der Waals surface area contributed by atoms with Gasteiger partial charge in [-0.1, -0.05) is 36.4 Å². The molecule has 2 N–H and O–H groups in total. The molecule has 220 valence electrons. The second-order valence-corrected chi connectivity index (χ2v) is 11.4. The first-order chi connectivity index (χ1) is 19.2. The molecule has 1 atom stereocenters. The van der Waals surface area contributed by atoms with Crippen LogP contribution >= 0.6 is 0 Å². The number of anilines is 1. The fourth-order valence-electron chi connectivity index (χ4n) is 4.60. The highest BCUT2D eigenvalue weighted by Gasteiger charge is 2.44. The number of aromatic nitrogens is 2. The Hall–Kier alpha value is -3.91. The maximum atomic E-state index is 14.0. The summed E-state index contributed by atoms with van der Waals surface area (Å²) in [5.41, 5.74) is 0.497. The number of hydrogen-bond acceptors (Lipinski definition) is 7. The Morgan fingerprint density at radius 1 is 1.07 bits per heavy atom. The number of benzene rings is 2. The van der Waals surface area contributed by atoms with Gasteiger partial charge in [0.1, 0.15) is 11.4 Å². The van der Waals surface area contributed by atoms with Crippen LogP contribution in [0, 0.1) is 0 Å². The largest absolute Gasteiger partial charge is 0.478 e.